The average molecular weight is 324 g/mol. The number of fused-ring (bicyclic) bond motifs is 2. The molecule has 1 atom stereocenters. The van der Waals surface area contributed by atoms with E-state index >= 15 is 0 Å². The fraction of sp³-hybridized carbons (Fsp3) is 0.0769. The Bertz CT molecular complexity index is 462. The van der Waals surface area contributed by atoms with Gasteiger partial charge in [-0.1, -0.05) is 30.3 Å². The van der Waals surface area contributed by atoms with Crippen molar-refractivity contribution < 1.29 is 0 Å². The van der Waals surface area contributed by atoms with Gasteiger partial charge in [0.25, 0.3) is 0 Å². The van der Waals surface area contributed by atoms with Crippen molar-refractivity contribution in [2.45, 2.75) is 16.2 Å². The molecule has 2 aromatic rings. The Morgan fingerprint density at radius 1 is 1.13 bits per heavy atom. The summed E-state index contributed by atoms with van der Waals surface area (Å²) in [5.74, 6) is 0. The number of benzene rings is 1. The van der Waals surface area contributed by atoms with Crippen molar-refractivity contribution in [3.8, 4) is 0 Å². The number of halogens is 1. The molecule has 0 saturated carbocycles. The van der Waals surface area contributed by atoms with E-state index in [2.05, 4.69) is 63.7 Å². The summed E-state index contributed by atoms with van der Waals surface area (Å²) in [7, 11) is -0.205. The third kappa shape index (κ3) is 1.54. The van der Waals surface area contributed by atoms with Crippen molar-refractivity contribution in [3.05, 3.63) is 59.7 Å². The maximum atomic E-state index is 3.25. The molecule has 0 fully saturated rings. The molecule has 0 radical (unpaired) electrons. The summed E-state index contributed by atoms with van der Waals surface area (Å²) < 4.78 is 0. The van der Waals surface area contributed by atoms with Gasteiger partial charge in [0.15, 0.2) is 0 Å². The van der Waals surface area contributed by atoms with Crippen LogP contribution in [-0.2, 0) is 6.42 Å². The van der Waals surface area contributed by atoms with Crippen LogP contribution in [0.15, 0.2) is 46.2 Å². The first kappa shape index (κ1) is 9.56. The second-order valence-electron chi connectivity index (χ2n) is 3.55. The predicted molar refractivity (Wildman–Crippen MR) is 72.9 cm³/mol. The standard InChI is InChI=1S/C13H9IS/c14-15-12-7-3-1-5-10(12)9-11-6-2-4-8-13(11)15/h1,3-5,7-8,15H,9H2. The summed E-state index contributed by atoms with van der Waals surface area (Å²) >= 11 is 2.57. The van der Waals surface area contributed by atoms with Gasteiger partial charge in [-0.05, 0) is 45.0 Å². The number of rotatable bonds is 0. The molecule has 0 aromatic heterocycles. The molecule has 0 saturated heterocycles. The van der Waals surface area contributed by atoms with Crippen LogP contribution in [0.5, 0.6) is 0 Å². The van der Waals surface area contributed by atoms with Crippen molar-refractivity contribution in [2.75, 3.05) is 0 Å². The monoisotopic (exact) mass is 324 g/mol. The van der Waals surface area contributed by atoms with Gasteiger partial charge in [-0.3, -0.25) is 0 Å². The molecule has 1 aliphatic rings. The Labute approximate surface area is 105 Å². The van der Waals surface area contributed by atoms with Crippen LogP contribution in [0.1, 0.15) is 11.1 Å². The quantitative estimate of drug-likeness (QED) is 0.550. The van der Waals surface area contributed by atoms with Crippen molar-refractivity contribution in [1.82, 2.24) is 0 Å². The minimum Gasteiger partial charge on any atom is -0.144 e. The van der Waals surface area contributed by atoms with Crippen LogP contribution in [0.4, 0.5) is 0 Å². The summed E-state index contributed by atoms with van der Waals surface area (Å²) in [5.41, 5.74) is 2.79. The Hall–Kier alpha value is -0.660. The Kier molecular flexibility index (Phi) is 2.38. The maximum Gasteiger partial charge on any atom is 0.0197 e. The highest BCUT2D eigenvalue weighted by molar-refractivity contribution is 14.2. The highest BCUT2D eigenvalue weighted by Crippen LogP contribution is 2.56. The van der Waals surface area contributed by atoms with Gasteiger partial charge >= 0.3 is 0 Å². The van der Waals surface area contributed by atoms with Crippen LogP contribution < -0.4 is 0 Å². The van der Waals surface area contributed by atoms with Crippen LogP contribution in [-0.4, -0.2) is 0 Å². The zero-order chi connectivity index (χ0) is 10.3. The lowest BCUT2D eigenvalue weighted by Crippen LogP contribution is -2.00. The number of thiol groups is 1. The molecule has 15 heavy (non-hydrogen) atoms. The van der Waals surface area contributed by atoms with E-state index in [9.17, 15) is 0 Å². The molecular formula is C13H9IS. The van der Waals surface area contributed by atoms with Crippen molar-refractivity contribution in [2.24, 2.45) is 0 Å². The summed E-state index contributed by atoms with van der Waals surface area (Å²) in [6, 6.07) is 19.2. The lowest BCUT2D eigenvalue weighted by molar-refractivity contribution is 1.06. The summed E-state index contributed by atoms with van der Waals surface area (Å²) in [4.78, 5) is 2.98. The van der Waals surface area contributed by atoms with Crippen LogP contribution >= 0.6 is 29.3 Å². The lowest BCUT2D eigenvalue weighted by Gasteiger charge is -2.25. The summed E-state index contributed by atoms with van der Waals surface area (Å²) in [6.45, 7) is 0. The third-order valence-corrected chi connectivity index (χ3v) is 7.46. The van der Waals surface area contributed by atoms with Crippen molar-refractivity contribution in [3.63, 3.8) is 0 Å². The van der Waals surface area contributed by atoms with E-state index in [-0.39, 0.29) is 8.07 Å². The van der Waals surface area contributed by atoms with E-state index in [1.54, 1.807) is 0 Å². The maximum absolute atomic E-state index is 3.25. The SMILES string of the molecule is I[SH]1c2ccc#cc2Cc2ccccc21. The molecule has 2 heteroatoms. The van der Waals surface area contributed by atoms with E-state index in [1.165, 1.54) is 20.9 Å². The first-order chi connectivity index (χ1) is 7.36. The topological polar surface area (TPSA) is 0 Å². The highest BCUT2D eigenvalue weighted by atomic mass is 127. The van der Waals surface area contributed by atoms with Crippen LogP contribution in [0, 0.1) is 12.1 Å². The van der Waals surface area contributed by atoms with Gasteiger partial charge in [-0.25, -0.2) is 0 Å². The minimum atomic E-state index is -0.205. The zero-order valence-electron chi connectivity index (χ0n) is 8.00. The highest BCUT2D eigenvalue weighted by Gasteiger charge is 2.19. The first-order valence-electron chi connectivity index (χ1n) is 4.81. The lowest BCUT2D eigenvalue weighted by atomic mass is 10.1. The summed E-state index contributed by atoms with van der Waals surface area (Å²) in [6.07, 6.45) is 1.02. The van der Waals surface area contributed by atoms with Gasteiger partial charge < -0.3 is 0 Å². The molecule has 3 rings (SSSR count). The van der Waals surface area contributed by atoms with Crippen LogP contribution in [0.25, 0.3) is 0 Å². The van der Waals surface area contributed by atoms with E-state index in [0.29, 0.717) is 0 Å². The van der Waals surface area contributed by atoms with Gasteiger partial charge in [-0.15, -0.1) is 8.07 Å². The first-order valence-corrected chi connectivity index (χ1v) is 8.94. The number of hydrogen-bond donors (Lipinski definition) is 1. The Balaban J connectivity index is 2.20. The molecule has 1 aliphatic heterocycles. The van der Waals surface area contributed by atoms with Gasteiger partial charge in [0.1, 0.15) is 0 Å². The van der Waals surface area contributed by atoms with Gasteiger partial charge in [0, 0.05) is 21.8 Å². The second-order valence-corrected chi connectivity index (χ2v) is 7.97. The van der Waals surface area contributed by atoms with E-state index < -0.39 is 0 Å². The van der Waals surface area contributed by atoms with Gasteiger partial charge in [0.05, 0.1) is 0 Å². The van der Waals surface area contributed by atoms with Crippen LogP contribution in [0.3, 0.4) is 0 Å². The fourth-order valence-corrected chi connectivity index (χ4v) is 6.13. The van der Waals surface area contributed by atoms with Gasteiger partial charge in [0.2, 0.25) is 0 Å². The average Bonchev–Trinajstić information content (AvgIpc) is 2.30. The fourth-order valence-electron chi connectivity index (χ4n) is 1.90. The third-order valence-electron chi connectivity index (χ3n) is 2.64. The molecule has 0 nitrogen and oxygen atoms in total. The molecule has 2 aromatic carbocycles. The molecule has 0 aliphatic carbocycles. The largest absolute Gasteiger partial charge is 0.144 e. The summed E-state index contributed by atoms with van der Waals surface area (Å²) in [5, 5.41) is 0. The molecule has 1 unspecified atom stereocenters. The molecule has 1 heterocycles. The molecule has 0 N–H and O–H groups in total. The zero-order valence-corrected chi connectivity index (χ0v) is 11.0. The van der Waals surface area contributed by atoms with Crippen LogP contribution in [0.2, 0.25) is 0 Å². The molecule has 0 bridgehead atoms. The van der Waals surface area contributed by atoms with Crippen molar-refractivity contribution in [1.29, 1.82) is 0 Å². The van der Waals surface area contributed by atoms with E-state index in [1.807, 2.05) is 6.07 Å². The Morgan fingerprint density at radius 2 is 2.00 bits per heavy atom. The Morgan fingerprint density at radius 3 is 2.93 bits per heavy atom. The smallest absolute Gasteiger partial charge is 0.0197 e. The molecule has 0 spiro atoms. The normalized spacial score (nSPS) is 15.1. The van der Waals surface area contributed by atoms with E-state index in [0.717, 1.165) is 6.42 Å². The second kappa shape index (κ2) is 3.73. The van der Waals surface area contributed by atoms with E-state index in [4.69, 9.17) is 0 Å². The van der Waals surface area contributed by atoms with Crippen molar-refractivity contribution >= 4 is 29.3 Å². The molecule has 74 valence electrons. The molecular weight excluding hydrogens is 315 g/mol. The predicted octanol–water partition coefficient (Wildman–Crippen LogP) is 3.96. The minimum absolute atomic E-state index is 0.205. The van der Waals surface area contributed by atoms with Gasteiger partial charge in [-0.2, -0.15) is 0 Å². The number of hydrogen-bond acceptors (Lipinski definition) is 0. The molecule has 0 amide bonds.